The maximum atomic E-state index is 12.6. The molecule has 0 spiro atoms. The van der Waals surface area contributed by atoms with Gasteiger partial charge in [0, 0.05) is 47.9 Å². The van der Waals surface area contributed by atoms with Gasteiger partial charge in [0.2, 0.25) is 0 Å². The van der Waals surface area contributed by atoms with Gasteiger partial charge in [-0.25, -0.2) is 9.36 Å². The molecule has 0 saturated carbocycles. The van der Waals surface area contributed by atoms with E-state index in [1.54, 1.807) is 6.20 Å². The number of esters is 1. The molecule has 4 aliphatic heterocycles. The van der Waals surface area contributed by atoms with Crippen molar-refractivity contribution >= 4 is 30.5 Å². The average Bonchev–Trinajstić information content (AvgIpc) is 3.04. The van der Waals surface area contributed by atoms with Crippen LogP contribution in [-0.2, 0) is 14.1 Å². The molecule has 0 amide bonds. The summed E-state index contributed by atoms with van der Waals surface area (Å²) in [5, 5.41) is 0.909. The third-order valence-corrected chi connectivity index (χ3v) is 6.00. The zero-order chi connectivity index (χ0) is 20.8. The molecule has 29 heavy (non-hydrogen) atoms. The standard InChI is InChI=1S/C19H20N2O3.H3O4P/c22-18-10-21-12-5-11(18)6-13(21)8-14(7-12)24-19(23)16-9-20-17-4-2-1-3-15(16)17;1-5(2,3)4/h1-4,9,11-14,20H,5-8,10H2;(H3,1,2,3,4)/t11-,12+,13-,14-;. The van der Waals surface area contributed by atoms with E-state index >= 15 is 0 Å². The molecular formula is C19H23N2O7P. The Hall–Kier alpha value is -2.03. The summed E-state index contributed by atoms with van der Waals surface area (Å²) in [6, 6.07) is 8.58. The highest BCUT2D eigenvalue weighted by molar-refractivity contribution is 7.45. The lowest BCUT2D eigenvalue weighted by Crippen LogP contribution is -2.63. The molecule has 1 aromatic heterocycles. The van der Waals surface area contributed by atoms with Gasteiger partial charge in [-0.05, 0) is 18.9 Å². The Morgan fingerprint density at radius 1 is 1.10 bits per heavy atom. The third kappa shape index (κ3) is 4.44. The highest BCUT2D eigenvalue weighted by Crippen LogP contribution is 2.42. The third-order valence-electron chi connectivity index (χ3n) is 6.00. The van der Waals surface area contributed by atoms with Gasteiger partial charge in [-0.3, -0.25) is 9.69 Å². The molecule has 4 saturated heterocycles. The Morgan fingerprint density at radius 3 is 2.34 bits per heavy atom. The van der Waals surface area contributed by atoms with Crippen LogP contribution in [0.15, 0.2) is 30.5 Å². The van der Waals surface area contributed by atoms with Crippen molar-refractivity contribution in [2.24, 2.45) is 5.92 Å². The molecule has 1 aromatic carbocycles. The first-order valence-corrected chi connectivity index (χ1v) is 11.1. The predicted octanol–water partition coefficient (Wildman–Crippen LogP) is 1.59. The lowest BCUT2D eigenvalue weighted by molar-refractivity contribution is -0.145. The Balaban J connectivity index is 0.000000369. The van der Waals surface area contributed by atoms with Crippen molar-refractivity contribution in [2.75, 3.05) is 6.54 Å². The van der Waals surface area contributed by atoms with Crippen molar-refractivity contribution in [1.29, 1.82) is 0 Å². The molecule has 9 nitrogen and oxygen atoms in total. The summed E-state index contributed by atoms with van der Waals surface area (Å²) in [6.45, 7) is 0.600. The quantitative estimate of drug-likeness (QED) is 0.423. The first-order valence-electron chi connectivity index (χ1n) is 9.53. The van der Waals surface area contributed by atoms with Crippen LogP contribution < -0.4 is 0 Å². The highest BCUT2D eigenvalue weighted by Gasteiger charge is 2.49. The number of benzene rings is 1. The molecule has 5 atom stereocenters. The number of fused-ring (bicyclic) bond motifs is 2. The van der Waals surface area contributed by atoms with Crippen LogP contribution >= 0.6 is 7.82 Å². The van der Waals surface area contributed by atoms with Crippen LogP contribution in [0.2, 0.25) is 0 Å². The summed E-state index contributed by atoms with van der Waals surface area (Å²) in [5.41, 5.74) is 1.56. The summed E-state index contributed by atoms with van der Waals surface area (Å²) < 4.78 is 14.7. The molecule has 4 N–H and O–H groups in total. The second-order valence-corrected chi connectivity index (χ2v) is 8.90. The van der Waals surface area contributed by atoms with Crippen LogP contribution in [0.25, 0.3) is 10.9 Å². The molecule has 4 fully saturated rings. The number of hydrogen-bond acceptors (Lipinski definition) is 5. The number of aromatic nitrogens is 1. The number of nitrogens with zero attached hydrogens (tertiary/aromatic N) is 1. The minimum Gasteiger partial charge on any atom is -0.459 e. The fourth-order valence-electron chi connectivity index (χ4n) is 4.87. The maximum absolute atomic E-state index is 12.6. The van der Waals surface area contributed by atoms with Gasteiger partial charge >= 0.3 is 13.8 Å². The fourth-order valence-corrected chi connectivity index (χ4v) is 4.87. The molecule has 10 heteroatoms. The summed E-state index contributed by atoms with van der Waals surface area (Å²) >= 11 is 0. The summed E-state index contributed by atoms with van der Waals surface area (Å²) in [7, 11) is -4.64. The zero-order valence-electron chi connectivity index (χ0n) is 15.6. The Bertz CT molecular complexity index is 960. The number of para-hydroxylation sites is 1. The van der Waals surface area contributed by atoms with Gasteiger partial charge in [-0.2, -0.15) is 0 Å². The molecule has 1 unspecified atom stereocenters. The van der Waals surface area contributed by atoms with E-state index < -0.39 is 7.82 Å². The number of hydrogen-bond donors (Lipinski definition) is 4. The number of piperidine rings is 4. The van der Waals surface area contributed by atoms with E-state index in [1.807, 2.05) is 24.3 Å². The lowest BCUT2D eigenvalue weighted by atomic mass is 9.72. The minimum absolute atomic E-state index is 0.0356. The molecule has 5 heterocycles. The van der Waals surface area contributed by atoms with Crippen LogP contribution in [0.4, 0.5) is 0 Å². The molecule has 2 aromatic rings. The van der Waals surface area contributed by atoms with Gasteiger partial charge in [0.15, 0.2) is 0 Å². The highest BCUT2D eigenvalue weighted by atomic mass is 31.2. The summed E-state index contributed by atoms with van der Waals surface area (Å²) in [6.07, 6.45) is 5.29. The number of phosphoric acid groups is 1. The van der Waals surface area contributed by atoms with E-state index in [1.165, 1.54) is 0 Å². The lowest BCUT2D eigenvalue weighted by Gasteiger charge is -2.54. The molecule has 4 bridgehead atoms. The van der Waals surface area contributed by atoms with Crippen LogP contribution in [0.3, 0.4) is 0 Å². The zero-order valence-corrected chi connectivity index (χ0v) is 16.5. The van der Waals surface area contributed by atoms with Gasteiger partial charge < -0.3 is 24.4 Å². The van der Waals surface area contributed by atoms with Gasteiger partial charge in [0.05, 0.1) is 12.1 Å². The van der Waals surface area contributed by atoms with Gasteiger partial charge in [0.25, 0.3) is 0 Å². The SMILES string of the molecule is O=C(O[C@@H]1C[C@@H]2C[C@@H]3C[C@H](C1)N2CC3=O)c1c[nH]c2ccccc12.O=P(O)(O)O. The van der Waals surface area contributed by atoms with E-state index in [9.17, 15) is 9.59 Å². The van der Waals surface area contributed by atoms with Crippen LogP contribution in [0.5, 0.6) is 0 Å². The van der Waals surface area contributed by atoms with Crippen molar-refractivity contribution in [1.82, 2.24) is 9.88 Å². The second-order valence-electron chi connectivity index (χ2n) is 7.87. The second kappa shape index (κ2) is 7.66. The van der Waals surface area contributed by atoms with Crippen LogP contribution in [-0.4, -0.2) is 61.0 Å². The van der Waals surface area contributed by atoms with Crippen molar-refractivity contribution < 1.29 is 33.6 Å². The molecule has 156 valence electrons. The molecule has 4 aliphatic rings. The Labute approximate surface area is 166 Å². The first kappa shape index (κ1) is 20.3. The summed E-state index contributed by atoms with van der Waals surface area (Å²) in [5.74, 6) is 0.403. The van der Waals surface area contributed by atoms with Crippen molar-refractivity contribution in [2.45, 2.75) is 43.9 Å². The maximum Gasteiger partial charge on any atom is 0.466 e. The number of H-pyrrole nitrogens is 1. The number of carbonyl (C=O) groups is 2. The fraction of sp³-hybridized carbons (Fsp3) is 0.474. The van der Waals surface area contributed by atoms with Crippen molar-refractivity contribution in [3.8, 4) is 0 Å². The number of Topliss-reactive ketones (excluding diaryl/α,β-unsaturated/α-hetero) is 1. The predicted molar refractivity (Wildman–Crippen MR) is 103 cm³/mol. The largest absolute Gasteiger partial charge is 0.466 e. The molecule has 0 aliphatic carbocycles. The van der Waals surface area contributed by atoms with Crippen molar-refractivity contribution in [3.63, 3.8) is 0 Å². The Morgan fingerprint density at radius 2 is 1.72 bits per heavy atom. The monoisotopic (exact) mass is 422 g/mol. The first-order chi connectivity index (χ1) is 13.7. The number of aromatic amines is 1. The number of ketones is 1. The minimum atomic E-state index is -4.64. The average molecular weight is 422 g/mol. The summed E-state index contributed by atoms with van der Waals surface area (Å²) in [4.78, 5) is 51.5. The van der Waals surface area contributed by atoms with Gasteiger partial charge in [-0.1, -0.05) is 18.2 Å². The van der Waals surface area contributed by atoms with E-state index in [4.69, 9.17) is 24.0 Å². The normalized spacial score (nSPS) is 30.6. The van der Waals surface area contributed by atoms with Crippen molar-refractivity contribution in [3.05, 3.63) is 36.0 Å². The van der Waals surface area contributed by atoms with Crippen LogP contribution in [0.1, 0.15) is 36.0 Å². The molecule has 6 rings (SSSR count). The molecule has 0 radical (unpaired) electrons. The van der Waals surface area contributed by atoms with E-state index in [0.717, 1.165) is 36.6 Å². The molecular weight excluding hydrogens is 399 g/mol. The van der Waals surface area contributed by atoms with E-state index in [2.05, 4.69) is 9.88 Å². The van der Waals surface area contributed by atoms with E-state index in [0.29, 0.717) is 30.0 Å². The topological polar surface area (TPSA) is 140 Å². The smallest absolute Gasteiger partial charge is 0.459 e. The number of rotatable bonds is 2. The van der Waals surface area contributed by atoms with Crippen LogP contribution in [0, 0.1) is 5.92 Å². The number of carbonyl (C=O) groups excluding carboxylic acids is 2. The number of ether oxygens (including phenoxy) is 1. The van der Waals surface area contributed by atoms with Gasteiger partial charge in [-0.15, -0.1) is 0 Å². The number of nitrogens with one attached hydrogen (secondary N) is 1. The Kier molecular flexibility index (Phi) is 5.35. The van der Waals surface area contributed by atoms with Gasteiger partial charge in [0.1, 0.15) is 11.9 Å². The van der Waals surface area contributed by atoms with E-state index in [-0.39, 0.29) is 18.0 Å².